The number of methoxy groups -OCH3 is 1. The first-order valence-electron chi connectivity index (χ1n) is 5.78. The van der Waals surface area contributed by atoms with E-state index in [1.54, 1.807) is 0 Å². The average Bonchev–Trinajstić information content (AvgIpc) is 2.15. The summed E-state index contributed by atoms with van der Waals surface area (Å²) in [6.07, 6.45) is 1.41. The first-order valence-corrected chi connectivity index (χ1v) is 5.78. The molecule has 0 aliphatic carbocycles. The lowest BCUT2D eigenvalue weighted by molar-refractivity contribution is -0.140. The van der Waals surface area contributed by atoms with Crippen LogP contribution in [0.2, 0.25) is 0 Å². The highest BCUT2D eigenvalue weighted by molar-refractivity contribution is 5.69. The van der Waals surface area contributed by atoms with E-state index in [0.29, 0.717) is 18.4 Å². The Morgan fingerprint density at radius 2 is 1.87 bits per heavy atom. The average molecular weight is 215 g/mol. The molecule has 0 heterocycles. The minimum Gasteiger partial charge on any atom is -0.469 e. The lowest BCUT2D eigenvalue weighted by atomic mass is 10.1. The Morgan fingerprint density at radius 1 is 1.27 bits per heavy atom. The number of hydrogen-bond acceptors (Lipinski definition) is 3. The number of carbonyl (C=O) groups excluding carboxylic acids is 1. The zero-order chi connectivity index (χ0) is 11.8. The summed E-state index contributed by atoms with van der Waals surface area (Å²) in [4.78, 5) is 13.4. The maximum absolute atomic E-state index is 10.9. The molecule has 0 aliphatic heterocycles. The molecule has 0 unspecified atom stereocenters. The quantitative estimate of drug-likeness (QED) is 0.610. The molecule has 0 atom stereocenters. The van der Waals surface area contributed by atoms with Crippen LogP contribution in [0.4, 0.5) is 0 Å². The van der Waals surface area contributed by atoms with E-state index in [9.17, 15) is 4.79 Å². The van der Waals surface area contributed by atoms with Gasteiger partial charge in [-0.2, -0.15) is 0 Å². The SMILES string of the molecule is COC(=O)CCCN(CC(C)C)C(C)C. The van der Waals surface area contributed by atoms with Crippen molar-refractivity contribution >= 4 is 5.97 Å². The fourth-order valence-corrected chi connectivity index (χ4v) is 1.56. The third-order valence-corrected chi connectivity index (χ3v) is 2.38. The Balaban J connectivity index is 3.81. The first-order chi connectivity index (χ1) is 6.97. The summed E-state index contributed by atoms with van der Waals surface area (Å²) in [5, 5.41) is 0. The van der Waals surface area contributed by atoms with Crippen LogP contribution in [-0.2, 0) is 9.53 Å². The van der Waals surface area contributed by atoms with Crippen molar-refractivity contribution in [1.82, 2.24) is 4.90 Å². The minimum atomic E-state index is -0.108. The largest absolute Gasteiger partial charge is 0.469 e. The van der Waals surface area contributed by atoms with E-state index >= 15 is 0 Å². The topological polar surface area (TPSA) is 29.5 Å². The van der Waals surface area contributed by atoms with E-state index in [1.165, 1.54) is 7.11 Å². The molecule has 0 aromatic carbocycles. The molecule has 0 saturated heterocycles. The molecule has 0 aromatic rings. The van der Waals surface area contributed by atoms with Gasteiger partial charge in [0, 0.05) is 19.0 Å². The molecular weight excluding hydrogens is 190 g/mol. The van der Waals surface area contributed by atoms with E-state index in [-0.39, 0.29) is 5.97 Å². The highest BCUT2D eigenvalue weighted by Crippen LogP contribution is 2.06. The van der Waals surface area contributed by atoms with Crippen molar-refractivity contribution in [2.75, 3.05) is 20.2 Å². The molecule has 0 aromatic heterocycles. The third-order valence-electron chi connectivity index (χ3n) is 2.38. The fraction of sp³-hybridized carbons (Fsp3) is 0.917. The summed E-state index contributed by atoms with van der Waals surface area (Å²) in [5.74, 6) is 0.564. The third kappa shape index (κ3) is 7.37. The maximum Gasteiger partial charge on any atom is 0.305 e. The molecule has 3 nitrogen and oxygen atoms in total. The van der Waals surface area contributed by atoms with Crippen molar-refractivity contribution in [3.8, 4) is 0 Å². The lowest BCUT2D eigenvalue weighted by Gasteiger charge is -2.27. The Kier molecular flexibility index (Phi) is 7.39. The molecule has 0 aliphatic rings. The predicted octanol–water partition coefficient (Wildman–Crippen LogP) is 2.31. The number of rotatable bonds is 7. The van der Waals surface area contributed by atoms with Crippen LogP contribution in [0.5, 0.6) is 0 Å². The molecule has 0 bridgehead atoms. The number of ether oxygens (including phenoxy) is 1. The van der Waals surface area contributed by atoms with Gasteiger partial charge in [0.25, 0.3) is 0 Å². The van der Waals surface area contributed by atoms with Crippen molar-refractivity contribution in [3.05, 3.63) is 0 Å². The van der Waals surface area contributed by atoms with E-state index < -0.39 is 0 Å². The fourth-order valence-electron chi connectivity index (χ4n) is 1.56. The van der Waals surface area contributed by atoms with Crippen molar-refractivity contribution < 1.29 is 9.53 Å². The Bertz CT molecular complexity index is 178. The monoisotopic (exact) mass is 215 g/mol. The van der Waals surface area contributed by atoms with Crippen molar-refractivity contribution in [2.24, 2.45) is 5.92 Å². The smallest absolute Gasteiger partial charge is 0.305 e. The summed E-state index contributed by atoms with van der Waals surface area (Å²) < 4.78 is 4.62. The lowest BCUT2D eigenvalue weighted by Crippen LogP contribution is -2.35. The zero-order valence-corrected chi connectivity index (χ0v) is 10.7. The highest BCUT2D eigenvalue weighted by atomic mass is 16.5. The second-order valence-electron chi connectivity index (χ2n) is 4.66. The predicted molar refractivity (Wildman–Crippen MR) is 62.8 cm³/mol. The van der Waals surface area contributed by atoms with Crippen LogP contribution in [0, 0.1) is 5.92 Å². The van der Waals surface area contributed by atoms with Gasteiger partial charge in [-0.15, -0.1) is 0 Å². The summed E-state index contributed by atoms with van der Waals surface area (Å²) in [5.41, 5.74) is 0. The van der Waals surface area contributed by atoms with Gasteiger partial charge < -0.3 is 9.64 Å². The van der Waals surface area contributed by atoms with E-state index in [2.05, 4.69) is 37.3 Å². The van der Waals surface area contributed by atoms with Gasteiger partial charge in [0.15, 0.2) is 0 Å². The Labute approximate surface area is 93.8 Å². The molecule has 0 N–H and O–H groups in total. The summed E-state index contributed by atoms with van der Waals surface area (Å²) in [6.45, 7) is 10.9. The second-order valence-corrected chi connectivity index (χ2v) is 4.66. The zero-order valence-electron chi connectivity index (χ0n) is 10.7. The second kappa shape index (κ2) is 7.69. The molecule has 0 amide bonds. The summed E-state index contributed by atoms with van der Waals surface area (Å²) in [7, 11) is 1.44. The molecule has 0 fully saturated rings. The molecule has 0 radical (unpaired) electrons. The van der Waals surface area contributed by atoms with Gasteiger partial charge in [0.2, 0.25) is 0 Å². The van der Waals surface area contributed by atoms with Gasteiger partial charge in [-0.05, 0) is 32.7 Å². The van der Waals surface area contributed by atoms with Crippen LogP contribution in [0.1, 0.15) is 40.5 Å². The van der Waals surface area contributed by atoms with Gasteiger partial charge >= 0.3 is 5.97 Å². The van der Waals surface area contributed by atoms with Crippen LogP contribution >= 0.6 is 0 Å². The Hall–Kier alpha value is -0.570. The maximum atomic E-state index is 10.9. The van der Waals surface area contributed by atoms with Crippen LogP contribution < -0.4 is 0 Å². The van der Waals surface area contributed by atoms with Crippen molar-refractivity contribution in [1.29, 1.82) is 0 Å². The number of esters is 1. The van der Waals surface area contributed by atoms with E-state index in [0.717, 1.165) is 19.5 Å². The van der Waals surface area contributed by atoms with Crippen LogP contribution in [0.3, 0.4) is 0 Å². The van der Waals surface area contributed by atoms with Crippen LogP contribution in [-0.4, -0.2) is 37.1 Å². The molecule has 0 rings (SSSR count). The first kappa shape index (κ1) is 14.4. The summed E-state index contributed by atoms with van der Waals surface area (Å²) >= 11 is 0. The molecule has 3 heteroatoms. The molecule has 0 saturated carbocycles. The van der Waals surface area contributed by atoms with Crippen LogP contribution in [0.15, 0.2) is 0 Å². The number of nitrogens with zero attached hydrogens (tertiary/aromatic N) is 1. The summed E-state index contributed by atoms with van der Waals surface area (Å²) in [6, 6.07) is 0.546. The molecule has 90 valence electrons. The minimum absolute atomic E-state index is 0.108. The van der Waals surface area contributed by atoms with E-state index in [1.807, 2.05) is 0 Å². The van der Waals surface area contributed by atoms with Gasteiger partial charge in [-0.1, -0.05) is 13.8 Å². The van der Waals surface area contributed by atoms with Gasteiger partial charge in [-0.25, -0.2) is 0 Å². The van der Waals surface area contributed by atoms with Crippen LogP contribution in [0.25, 0.3) is 0 Å². The standard InChI is InChI=1S/C12H25NO2/c1-10(2)9-13(11(3)4)8-6-7-12(14)15-5/h10-11H,6-9H2,1-5H3. The molecule has 15 heavy (non-hydrogen) atoms. The van der Waals surface area contributed by atoms with Gasteiger partial charge in [0.1, 0.15) is 0 Å². The van der Waals surface area contributed by atoms with Crippen molar-refractivity contribution in [2.45, 2.75) is 46.6 Å². The molecule has 0 spiro atoms. The molecular formula is C12H25NO2. The number of hydrogen-bond donors (Lipinski definition) is 0. The van der Waals surface area contributed by atoms with E-state index in [4.69, 9.17) is 0 Å². The number of carbonyl (C=O) groups is 1. The van der Waals surface area contributed by atoms with Gasteiger partial charge in [-0.3, -0.25) is 4.79 Å². The Morgan fingerprint density at radius 3 is 2.27 bits per heavy atom. The highest BCUT2D eigenvalue weighted by Gasteiger charge is 2.11. The van der Waals surface area contributed by atoms with Gasteiger partial charge in [0.05, 0.1) is 7.11 Å². The normalized spacial score (nSPS) is 11.5. The van der Waals surface area contributed by atoms with Crippen molar-refractivity contribution in [3.63, 3.8) is 0 Å².